The quantitative estimate of drug-likeness (QED) is 0.842. The smallest absolute Gasteiger partial charge is 0.310 e. The van der Waals surface area contributed by atoms with E-state index in [4.69, 9.17) is 22.1 Å². The van der Waals surface area contributed by atoms with Crippen molar-refractivity contribution in [1.29, 1.82) is 0 Å². The molecule has 1 aliphatic carbocycles. The van der Waals surface area contributed by atoms with Gasteiger partial charge < -0.3 is 10.5 Å². The maximum Gasteiger partial charge on any atom is 0.310 e. The Morgan fingerprint density at radius 2 is 2.18 bits per heavy atom. The molecule has 1 saturated carbocycles. The number of carbonyl (C=O) groups is 1. The highest BCUT2D eigenvalue weighted by Crippen LogP contribution is 2.25. The number of ether oxygens (including phenoxy) is 1. The van der Waals surface area contributed by atoms with Crippen LogP contribution < -0.4 is 5.73 Å². The molecule has 1 aliphatic rings. The van der Waals surface area contributed by atoms with Gasteiger partial charge in [0.1, 0.15) is 6.61 Å². The predicted molar refractivity (Wildman–Crippen MR) is 66.6 cm³/mol. The molecule has 0 amide bonds. The van der Waals surface area contributed by atoms with Crippen LogP contribution in [0.25, 0.3) is 0 Å². The van der Waals surface area contributed by atoms with E-state index in [1.807, 2.05) is 18.2 Å². The lowest BCUT2D eigenvalue weighted by atomic mass is 10.1. The van der Waals surface area contributed by atoms with Gasteiger partial charge in [-0.1, -0.05) is 36.2 Å². The molecule has 0 bridgehead atoms. The fourth-order valence-electron chi connectivity index (χ4n) is 2.15. The molecule has 0 aromatic heterocycles. The molecule has 0 heterocycles. The van der Waals surface area contributed by atoms with Crippen molar-refractivity contribution in [2.45, 2.75) is 31.9 Å². The molecule has 1 fully saturated rings. The monoisotopic (exact) mass is 253 g/mol. The summed E-state index contributed by atoms with van der Waals surface area (Å²) in [5.41, 5.74) is 6.68. The second kappa shape index (κ2) is 5.52. The zero-order valence-corrected chi connectivity index (χ0v) is 10.3. The Labute approximate surface area is 106 Å². The van der Waals surface area contributed by atoms with Crippen molar-refractivity contribution < 1.29 is 9.53 Å². The van der Waals surface area contributed by atoms with E-state index in [0.29, 0.717) is 5.02 Å². The van der Waals surface area contributed by atoms with E-state index in [-0.39, 0.29) is 24.5 Å². The maximum atomic E-state index is 11.8. The third kappa shape index (κ3) is 2.99. The minimum Gasteiger partial charge on any atom is -0.460 e. The first kappa shape index (κ1) is 12.4. The van der Waals surface area contributed by atoms with Crippen LogP contribution >= 0.6 is 11.6 Å². The number of benzene rings is 1. The summed E-state index contributed by atoms with van der Waals surface area (Å²) in [5.74, 6) is -0.340. The van der Waals surface area contributed by atoms with Gasteiger partial charge in [0, 0.05) is 16.6 Å². The Hall–Kier alpha value is -1.06. The molecule has 4 heteroatoms. The largest absolute Gasteiger partial charge is 0.460 e. The van der Waals surface area contributed by atoms with Crippen LogP contribution in [0.3, 0.4) is 0 Å². The molecular weight excluding hydrogens is 238 g/mol. The van der Waals surface area contributed by atoms with E-state index in [1.54, 1.807) is 6.07 Å². The fourth-order valence-corrected chi connectivity index (χ4v) is 2.34. The highest BCUT2D eigenvalue weighted by atomic mass is 35.5. The second-order valence-electron chi connectivity index (χ2n) is 4.40. The molecule has 1 aromatic rings. The summed E-state index contributed by atoms with van der Waals surface area (Å²) in [6.45, 7) is 0.224. The van der Waals surface area contributed by atoms with Crippen LogP contribution in [-0.4, -0.2) is 12.0 Å². The van der Waals surface area contributed by atoms with Crippen LogP contribution in [0.5, 0.6) is 0 Å². The first-order valence-electron chi connectivity index (χ1n) is 5.84. The topological polar surface area (TPSA) is 52.3 Å². The number of hydrogen-bond acceptors (Lipinski definition) is 3. The van der Waals surface area contributed by atoms with Gasteiger partial charge in [0.15, 0.2) is 0 Å². The molecule has 0 saturated heterocycles. The lowest BCUT2D eigenvalue weighted by molar-refractivity contribution is -0.150. The molecule has 2 rings (SSSR count). The van der Waals surface area contributed by atoms with E-state index in [1.165, 1.54) is 0 Å². The fraction of sp³-hybridized carbons (Fsp3) is 0.462. The summed E-state index contributed by atoms with van der Waals surface area (Å²) >= 11 is 5.98. The summed E-state index contributed by atoms with van der Waals surface area (Å²) in [6.07, 6.45) is 2.75. The van der Waals surface area contributed by atoms with Crippen LogP contribution in [-0.2, 0) is 16.1 Å². The van der Waals surface area contributed by atoms with E-state index in [2.05, 4.69) is 0 Å². The van der Waals surface area contributed by atoms with Gasteiger partial charge in [-0.05, 0) is 18.9 Å². The number of esters is 1. The Bertz CT molecular complexity index is 408. The van der Waals surface area contributed by atoms with Crippen LogP contribution in [0.4, 0.5) is 0 Å². The summed E-state index contributed by atoms with van der Waals surface area (Å²) < 4.78 is 5.26. The predicted octanol–water partition coefficient (Wildman–Crippen LogP) is 2.51. The van der Waals surface area contributed by atoms with Gasteiger partial charge in [0.2, 0.25) is 0 Å². The van der Waals surface area contributed by atoms with Gasteiger partial charge in [-0.2, -0.15) is 0 Å². The van der Waals surface area contributed by atoms with Crippen LogP contribution in [0.15, 0.2) is 24.3 Å². The van der Waals surface area contributed by atoms with Crippen molar-refractivity contribution in [3.63, 3.8) is 0 Å². The summed E-state index contributed by atoms with van der Waals surface area (Å²) in [5, 5.41) is 0.621. The SMILES string of the molecule is NC1CCCC1C(=O)OCc1ccccc1Cl. The van der Waals surface area contributed by atoms with Gasteiger partial charge in [-0.25, -0.2) is 0 Å². The van der Waals surface area contributed by atoms with E-state index >= 15 is 0 Å². The van der Waals surface area contributed by atoms with Crippen molar-refractivity contribution in [2.24, 2.45) is 11.7 Å². The Balaban J connectivity index is 1.90. The maximum absolute atomic E-state index is 11.8. The van der Waals surface area contributed by atoms with Crippen molar-refractivity contribution in [3.8, 4) is 0 Å². The van der Waals surface area contributed by atoms with Gasteiger partial charge >= 0.3 is 5.97 Å². The first-order valence-corrected chi connectivity index (χ1v) is 6.22. The molecule has 92 valence electrons. The number of nitrogens with two attached hydrogens (primary N) is 1. The Morgan fingerprint density at radius 1 is 1.41 bits per heavy atom. The van der Waals surface area contributed by atoms with E-state index < -0.39 is 0 Å². The Morgan fingerprint density at radius 3 is 2.82 bits per heavy atom. The molecule has 0 radical (unpaired) electrons. The van der Waals surface area contributed by atoms with Crippen LogP contribution in [0.2, 0.25) is 5.02 Å². The van der Waals surface area contributed by atoms with Crippen molar-refractivity contribution in [3.05, 3.63) is 34.9 Å². The average Bonchev–Trinajstić information content (AvgIpc) is 2.74. The van der Waals surface area contributed by atoms with Gasteiger partial charge in [0.25, 0.3) is 0 Å². The minimum atomic E-state index is -0.199. The first-order chi connectivity index (χ1) is 8.18. The summed E-state index contributed by atoms with van der Waals surface area (Å²) in [7, 11) is 0. The standard InChI is InChI=1S/C13H16ClNO2/c14-11-6-2-1-4-9(11)8-17-13(16)10-5-3-7-12(10)15/h1-2,4,6,10,12H,3,5,7-8,15H2. The Kier molecular flexibility index (Phi) is 4.02. The number of carbonyl (C=O) groups excluding carboxylic acids is 1. The van der Waals surface area contributed by atoms with Crippen molar-refractivity contribution >= 4 is 17.6 Å². The van der Waals surface area contributed by atoms with Crippen molar-refractivity contribution in [2.75, 3.05) is 0 Å². The van der Waals surface area contributed by atoms with E-state index in [9.17, 15) is 4.79 Å². The third-order valence-corrected chi connectivity index (χ3v) is 3.57. The molecule has 2 atom stereocenters. The lowest BCUT2D eigenvalue weighted by Crippen LogP contribution is -2.31. The normalized spacial score (nSPS) is 23.6. The summed E-state index contributed by atoms with van der Waals surface area (Å²) in [4.78, 5) is 11.8. The molecule has 1 aromatic carbocycles. The van der Waals surface area contributed by atoms with Crippen molar-refractivity contribution in [1.82, 2.24) is 0 Å². The lowest BCUT2D eigenvalue weighted by Gasteiger charge is -2.14. The molecule has 17 heavy (non-hydrogen) atoms. The van der Waals surface area contributed by atoms with Gasteiger partial charge in [0.05, 0.1) is 5.92 Å². The zero-order valence-electron chi connectivity index (χ0n) is 9.56. The number of halogens is 1. The summed E-state index contributed by atoms with van der Waals surface area (Å²) in [6, 6.07) is 7.31. The van der Waals surface area contributed by atoms with Crippen LogP contribution in [0, 0.1) is 5.92 Å². The number of rotatable bonds is 3. The van der Waals surface area contributed by atoms with Gasteiger partial charge in [-0.15, -0.1) is 0 Å². The zero-order chi connectivity index (χ0) is 12.3. The molecule has 3 nitrogen and oxygen atoms in total. The van der Waals surface area contributed by atoms with E-state index in [0.717, 1.165) is 24.8 Å². The van der Waals surface area contributed by atoms with Gasteiger partial charge in [-0.3, -0.25) is 4.79 Å². The highest BCUT2D eigenvalue weighted by molar-refractivity contribution is 6.31. The molecule has 0 aliphatic heterocycles. The molecule has 2 unspecified atom stereocenters. The third-order valence-electron chi connectivity index (χ3n) is 3.20. The number of hydrogen-bond donors (Lipinski definition) is 1. The molecule has 0 spiro atoms. The molecule has 2 N–H and O–H groups in total. The molecular formula is C13H16ClNO2. The minimum absolute atomic E-state index is 0.0475. The average molecular weight is 254 g/mol. The highest BCUT2D eigenvalue weighted by Gasteiger charge is 2.31. The van der Waals surface area contributed by atoms with Crippen LogP contribution in [0.1, 0.15) is 24.8 Å². The second-order valence-corrected chi connectivity index (χ2v) is 4.81.